The van der Waals surface area contributed by atoms with E-state index in [1.54, 1.807) is 0 Å². The normalized spacial score (nSPS) is 11.2. The zero-order valence-corrected chi connectivity index (χ0v) is 10.1. The van der Waals surface area contributed by atoms with Crippen LogP contribution in [0.5, 0.6) is 0 Å². The lowest BCUT2D eigenvalue weighted by atomic mass is 9.80. The van der Waals surface area contributed by atoms with Crippen molar-refractivity contribution in [3.05, 3.63) is 0 Å². The Kier molecular flexibility index (Phi) is 7.13. The summed E-state index contributed by atoms with van der Waals surface area (Å²) in [6, 6.07) is -0.191. The first-order chi connectivity index (χ1) is 7.14. The van der Waals surface area contributed by atoms with E-state index in [0.717, 1.165) is 19.3 Å². The summed E-state index contributed by atoms with van der Waals surface area (Å²) in [5.41, 5.74) is 0.219. The van der Waals surface area contributed by atoms with Gasteiger partial charge in [-0.15, -0.1) is 0 Å². The molecule has 0 bridgehead atoms. The van der Waals surface area contributed by atoms with Crippen molar-refractivity contribution in [2.75, 3.05) is 19.7 Å². The molecule has 0 aliphatic heterocycles. The molecule has 0 radical (unpaired) electrons. The van der Waals surface area contributed by atoms with E-state index >= 15 is 0 Å². The molecule has 0 aromatic heterocycles. The minimum atomic E-state index is -0.191. The fraction of sp³-hybridized carbons (Fsp3) is 0.909. The molecule has 0 spiro atoms. The maximum atomic E-state index is 11.3. The minimum Gasteiger partial charge on any atom is -0.395 e. The number of nitrogens with one attached hydrogen (secondary N) is 2. The maximum absolute atomic E-state index is 11.3. The highest BCUT2D eigenvalue weighted by Gasteiger charge is 2.24. The van der Waals surface area contributed by atoms with Crippen LogP contribution in [-0.2, 0) is 0 Å². The third kappa shape index (κ3) is 5.02. The van der Waals surface area contributed by atoms with E-state index in [1.165, 1.54) is 0 Å². The summed E-state index contributed by atoms with van der Waals surface area (Å²) in [7, 11) is 0. The van der Waals surface area contributed by atoms with E-state index in [9.17, 15) is 4.79 Å². The van der Waals surface area contributed by atoms with Gasteiger partial charge in [0.2, 0.25) is 0 Å². The van der Waals surface area contributed by atoms with Crippen LogP contribution in [0.25, 0.3) is 0 Å². The molecule has 90 valence electrons. The van der Waals surface area contributed by atoms with Crippen molar-refractivity contribution in [3.8, 4) is 0 Å². The van der Waals surface area contributed by atoms with E-state index < -0.39 is 0 Å². The highest BCUT2D eigenvalue weighted by atomic mass is 16.3. The molecular formula is C11H24N2O2. The Hall–Kier alpha value is -0.770. The maximum Gasteiger partial charge on any atom is 0.314 e. The highest BCUT2D eigenvalue weighted by molar-refractivity contribution is 5.73. The molecule has 15 heavy (non-hydrogen) atoms. The van der Waals surface area contributed by atoms with Crippen LogP contribution in [0.3, 0.4) is 0 Å². The van der Waals surface area contributed by atoms with E-state index in [4.69, 9.17) is 5.11 Å². The molecule has 3 N–H and O–H groups in total. The van der Waals surface area contributed by atoms with Crippen molar-refractivity contribution < 1.29 is 9.90 Å². The van der Waals surface area contributed by atoms with Gasteiger partial charge < -0.3 is 15.7 Å². The number of carbonyl (C=O) groups excluding carboxylic acids is 1. The molecule has 0 aromatic carbocycles. The van der Waals surface area contributed by atoms with Gasteiger partial charge in [0.05, 0.1) is 6.61 Å². The topological polar surface area (TPSA) is 61.4 Å². The van der Waals surface area contributed by atoms with Crippen LogP contribution in [0, 0.1) is 5.41 Å². The van der Waals surface area contributed by atoms with Gasteiger partial charge in [0.1, 0.15) is 0 Å². The van der Waals surface area contributed by atoms with Gasteiger partial charge in [-0.2, -0.15) is 0 Å². The minimum absolute atomic E-state index is 0.0199. The average Bonchev–Trinajstić information content (AvgIpc) is 2.29. The molecular weight excluding hydrogens is 192 g/mol. The fourth-order valence-corrected chi connectivity index (χ4v) is 1.62. The predicted octanol–water partition coefficient (Wildman–Crippen LogP) is 1.49. The third-order valence-corrected chi connectivity index (χ3v) is 3.27. The number of hydrogen-bond acceptors (Lipinski definition) is 2. The first-order valence-electron chi connectivity index (χ1n) is 5.76. The van der Waals surface area contributed by atoms with Gasteiger partial charge in [-0.3, -0.25) is 0 Å². The lowest BCUT2D eigenvalue weighted by molar-refractivity contribution is 0.212. The van der Waals surface area contributed by atoms with Crippen LogP contribution in [-0.4, -0.2) is 30.8 Å². The second kappa shape index (κ2) is 7.51. The van der Waals surface area contributed by atoms with Crippen molar-refractivity contribution >= 4 is 6.03 Å². The third-order valence-electron chi connectivity index (χ3n) is 3.27. The fourth-order valence-electron chi connectivity index (χ4n) is 1.62. The molecule has 4 nitrogen and oxygen atoms in total. The van der Waals surface area contributed by atoms with Gasteiger partial charge in [0, 0.05) is 13.1 Å². The molecule has 0 aromatic rings. The number of hydrogen-bond donors (Lipinski definition) is 3. The summed E-state index contributed by atoms with van der Waals surface area (Å²) in [4.78, 5) is 11.3. The quantitative estimate of drug-likeness (QED) is 0.604. The van der Waals surface area contributed by atoms with E-state index in [0.29, 0.717) is 13.1 Å². The van der Waals surface area contributed by atoms with Crippen molar-refractivity contribution in [1.82, 2.24) is 10.6 Å². The Morgan fingerprint density at radius 2 is 1.67 bits per heavy atom. The molecule has 0 fully saturated rings. The highest BCUT2D eigenvalue weighted by Crippen LogP contribution is 2.28. The Morgan fingerprint density at radius 3 is 2.07 bits per heavy atom. The monoisotopic (exact) mass is 216 g/mol. The number of aliphatic hydroxyl groups is 1. The summed E-state index contributed by atoms with van der Waals surface area (Å²) in [6.07, 6.45) is 3.21. The Morgan fingerprint density at radius 1 is 1.13 bits per heavy atom. The number of urea groups is 1. The van der Waals surface area contributed by atoms with Crippen molar-refractivity contribution in [2.45, 2.75) is 40.0 Å². The zero-order valence-electron chi connectivity index (χ0n) is 10.1. The molecule has 0 saturated carbocycles. The lowest BCUT2D eigenvalue weighted by Gasteiger charge is -2.30. The predicted molar refractivity (Wildman–Crippen MR) is 61.8 cm³/mol. The van der Waals surface area contributed by atoms with Crippen LogP contribution in [0.4, 0.5) is 4.79 Å². The number of aliphatic hydroxyl groups excluding tert-OH is 1. The Labute approximate surface area is 92.4 Å². The second-order valence-electron chi connectivity index (χ2n) is 3.89. The van der Waals surface area contributed by atoms with E-state index in [-0.39, 0.29) is 18.1 Å². The van der Waals surface area contributed by atoms with E-state index in [2.05, 4.69) is 31.4 Å². The standard InChI is InChI=1S/C11H24N2O2/c1-4-11(5-2,6-3)9-13-10(15)12-7-8-14/h14H,4-9H2,1-3H3,(H2,12,13,15). The molecule has 0 aliphatic rings. The molecule has 0 unspecified atom stereocenters. The smallest absolute Gasteiger partial charge is 0.314 e. The first kappa shape index (κ1) is 14.2. The van der Waals surface area contributed by atoms with Gasteiger partial charge in [0.25, 0.3) is 0 Å². The van der Waals surface area contributed by atoms with Crippen molar-refractivity contribution in [2.24, 2.45) is 5.41 Å². The number of rotatable bonds is 7. The van der Waals surface area contributed by atoms with Gasteiger partial charge in [-0.25, -0.2) is 4.79 Å². The summed E-state index contributed by atoms with van der Waals surface area (Å²) in [5.74, 6) is 0. The van der Waals surface area contributed by atoms with Crippen LogP contribution in [0.15, 0.2) is 0 Å². The first-order valence-corrected chi connectivity index (χ1v) is 5.76. The summed E-state index contributed by atoms with van der Waals surface area (Å²) >= 11 is 0. The summed E-state index contributed by atoms with van der Waals surface area (Å²) in [5, 5.41) is 14.0. The second-order valence-corrected chi connectivity index (χ2v) is 3.89. The molecule has 4 heteroatoms. The molecule has 0 atom stereocenters. The van der Waals surface area contributed by atoms with Crippen LogP contribution in [0.1, 0.15) is 40.0 Å². The van der Waals surface area contributed by atoms with Crippen molar-refractivity contribution in [1.29, 1.82) is 0 Å². The molecule has 0 rings (SSSR count). The summed E-state index contributed by atoms with van der Waals surface area (Å²) < 4.78 is 0. The SMILES string of the molecule is CCC(CC)(CC)CNC(=O)NCCO. The Balaban J connectivity index is 3.93. The van der Waals surface area contributed by atoms with Gasteiger partial charge in [0.15, 0.2) is 0 Å². The van der Waals surface area contributed by atoms with Crippen molar-refractivity contribution in [3.63, 3.8) is 0 Å². The number of amides is 2. The summed E-state index contributed by atoms with van der Waals surface area (Å²) in [6.45, 7) is 7.45. The molecule has 0 heterocycles. The van der Waals surface area contributed by atoms with Crippen LogP contribution in [0.2, 0.25) is 0 Å². The Bertz CT molecular complexity index is 171. The average molecular weight is 216 g/mol. The van der Waals surface area contributed by atoms with E-state index in [1.807, 2.05) is 0 Å². The zero-order chi connectivity index (χ0) is 11.7. The van der Waals surface area contributed by atoms with Gasteiger partial charge in [-0.05, 0) is 24.7 Å². The molecule has 0 aliphatic carbocycles. The molecule has 0 saturated heterocycles. The number of carbonyl (C=O) groups is 1. The van der Waals surface area contributed by atoms with Crippen LogP contribution < -0.4 is 10.6 Å². The van der Waals surface area contributed by atoms with Gasteiger partial charge >= 0.3 is 6.03 Å². The largest absolute Gasteiger partial charge is 0.395 e. The molecule has 2 amide bonds. The van der Waals surface area contributed by atoms with Gasteiger partial charge in [-0.1, -0.05) is 20.8 Å². The lowest BCUT2D eigenvalue weighted by Crippen LogP contribution is -2.42. The van der Waals surface area contributed by atoms with Crippen LogP contribution >= 0.6 is 0 Å².